The molecule has 0 bridgehead atoms. The van der Waals surface area contributed by atoms with E-state index in [-0.39, 0.29) is 12.1 Å². The van der Waals surface area contributed by atoms with Crippen molar-refractivity contribution in [1.82, 2.24) is 4.98 Å². The lowest BCUT2D eigenvalue weighted by Crippen LogP contribution is -2.20. The van der Waals surface area contributed by atoms with Gasteiger partial charge in [0, 0.05) is 27.4 Å². The van der Waals surface area contributed by atoms with Gasteiger partial charge in [0.15, 0.2) is 0 Å². The minimum Gasteiger partial charge on any atom is -0.457 e. The third kappa shape index (κ3) is 4.03. The fraction of sp³-hybridized carbons (Fsp3) is 0.500. The molecule has 0 fully saturated rings. The predicted molar refractivity (Wildman–Crippen MR) is 65.3 cm³/mol. The number of esters is 1. The van der Waals surface area contributed by atoms with E-state index in [2.05, 4.69) is 4.98 Å². The van der Waals surface area contributed by atoms with Crippen LogP contribution in [0.1, 0.15) is 17.3 Å². The van der Waals surface area contributed by atoms with Crippen molar-refractivity contribution in [2.45, 2.75) is 13.0 Å². The Kier molecular flexibility index (Phi) is 4.90. The van der Waals surface area contributed by atoms with Gasteiger partial charge in [0.1, 0.15) is 11.9 Å². The van der Waals surface area contributed by atoms with Gasteiger partial charge in [-0.05, 0) is 19.1 Å². The summed E-state index contributed by atoms with van der Waals surface area (Å²) in [6, 6.07) is 3.33. The highest BCUT2D eigenvalue weighted by molar-refractivity contribution is 5.90. The van der Waals surface area contributed by atoms with Gasteiger partial charge >= 0.3 is 5.97 Å². The minimum absolute atomic E-state index is 0.261. The normalized spacial score (nSPS) is 12.0. The Morgan fingerprint density at radius 1 is 1.53 bits per heavy atom. The van der Waals surface area contributed by atoms with E-state index < -0.39 is 0 Å². The predicted octanol–water partition coefficient (Wildman–Crippen LogP) is 1.34. The molecule has 0 aliphatic carbocycles. The van der Waals surface area contributed by atoms with Gasteiger partial charge in [-0.1, -0.05) is 0 Å². The molecule has 17 heavy (non-hydrogen) atoms. The standard InChI is InChI=1S/C12H18N2O3/c1-9(8-16-4)17-12(15)10-5-6-13-11(7-10)14(2)3/h5-7,9H,8H2,1-4H3. The van der Waals surface area contributed by atoms with Crippen molar-refractivity contribution in [3.8, 4) is 0 Å². The molecule has 0 aliphatic rings. The fourth-order valence-electron chi connectivity index (χ4n) is 1.31. The number of carbonyl (C=O) groups is 1. The molecular weight excluding hydrogens is 220 g/mol. The monoisotopic (exact) mass is 238 g/mol. The van der Waals surface area contributed by atoms with Gasteiger partial charge in [0.25, 0.3) is 0 Å². The van der Waals surface area contributed by atoms with Crippen LogP contribution in [0.4, 0.5) is 5.82 Å². The van der Waals surface area contributed by atoms with Crippen molar-refractivity contribution in [1.29, 1.82) is 0 Å². The average Bonchev–Trinajstić information content (AvgIpc) is 2.29. The highest BCUT2D eigenvalue weighted by atomic mass is 16.6. The number of ether oxygens (including phenoxy) is 2. The van der Waals surface area contributed by atoms with E-state index in [4.69, 9.17) is 9.47 Å². The molecule has 1 aromatic rings. The summed E-state index contributed by atoms with van der Waals surface area (Å²) in [6.45, 7) is 2.17. The van der Waals surface area contributed by atoms with Crippen LogP contribution in [0.5, 0.6) is 0 Å². The van der Waals surface area contributed by atoms with E-state index in [1.807, 2.05) is 19.0 Å². The number of methoxy groups -OCH3 is 1. The molecule has 1 heterocycles. The van der Waals surface area contributed by atoms with Crippen molar-refractivity contribution in [2.75, 3.05) is 32.7 Å². The number of nitrogens with zero attached hydrogens (tertiary/aromatic N) is 2. The van der Waals surface area contributed by atoms with Gasteiger partial charge in [-0.3, -0.25) is 0 Å². The first-order valence-electron chi connectivity index (χ1n) is 5.38. The smallest absolute Gasteiger partial charge is 0.338 e. The summed E-state index contributed by atoms with van der Waals surface area (Å²) >= 11 is 0. The molecule has 1 aromatic heterocycles. The van der Waals surface area contributed by atoms with E-state index in [0.29, 0.717) is 12.2 Å². The molecule has 0 saturated carbocycles. The molecular formula is C12H18N2O3. The maximum Gasteiger partial charge on any atom is 0.338 e. The minimum atomic E-state index is -0.361. The van der Waals surface area contributed by atoms with E-state index in [9.17, 15) is 4.79 Å². The Bertz CT molecular complexity index is 380. The SMILES string of the molecule is COCC(C)OC(=O)c1ccnc(N(C)C)c1. The van der Waals surface area contributed by atoms with Crippen molar-refractivity contribution in [3.05, 3.63) is 23.9 Å². The summed E-state index contributed by atoms with van der Waals surface area (Å²) in [5, 5.41) is 0. The van der Waals surface area contributed by atoms with E-state index in [1.54, 1.807) is 32.4 Å². The molecule has 1 rings (SSSR count). The summed E-state index contributed by atoms with van der Waals surface area (Å²) in [7, 11) is 5.30. The molecule has 0 aromatic carbocycles. The van der Waals surface area contributed by atoms with E-state index in [0.717, 1.165) is 5.82 Å². The van der Waals surface area contributed by atoms with Crippen LogP contribution in [0, 0.1) is 0 Å². The second kappa shape index (κ2) is 6.20. The van der Waals surface area contributed by atoms with Crippen LogP contribution < -0.4 is 4.90 Å². The molecule has 94 valence electrons. The number of carbonyl (C=O) groups excluding carboxylic acids is 1. The van der Waals surface area contributed by atoms with Crippen LogP contribution in [0.3, 0.4) is 0 Å². The van der Waals surface area contributed by atoms with E-state index in [1.165, 1.54) is 0 Å². The third-order valence-electron chi connectivity index (χ3n) is 2.15. The maximum atomic E-state index is 11.8. The van der Waals surface area contributed by atoms with Crippen LogP contribution in [-0.4, -0.2) is 44.9 Å². The van der Waals surface area contributed by atoms with Crippen LogP contribution in [-0.2, 0) is 9.47 Å². The quantitative estimate of drug-likeness (QED) is 0.724. The van der Waals surface area contributed by atoms with Crippen LogP contribution >= 0.6 is 0 Å². The molecule has 0 N–H and O–H groups in total. The Hall–Kier alpha value is -1.62. The number of pyridine rings is 1. The number of anilines is 1. The molecule has 5 nitrogen and oxygen atoms in total. The molecule has 0 saturated heterocycles. The van der Waals surface area contributed by atoms with Crippen molar-refractivity contribution >= 4 is 11.8 Å². The summed E-state index contributed by atoms with van der Waals surface area (Å²) in [4.78, 5) is 17.7. The molecule has 0 radical (unpaired) electrons. The summed E-state index contributed by atoms with van der Waals surface area (Å²) in [5.41, 5.74) is 0.492. The largest absolute Gasteiger partial charge is 0.457 e. The summed E-state index contributed by atoms with van der Waals surface area (Å²) in [6.07, 6.45) is 1.33. The lowest BCUT2D eigenvalue weighted by atomic mass is 10.2. The lowest BCUT2D eigenvalue weighted by molar-refractivity contribution is 0.0120. The Labute approximate surface area is 101 Å². The summed E-state index contributed by atoms with van der Waals surface area (Å²) in [5.74, 6) is 0.360. The zero-order valence-corrected chi connectivity index (χ0v) is 10.6. The zero-order chi connectivity index (χ0) is 12.8. The highest BCUT2D eigenvalue weighted by Crippen LogP contribution is 2.11. The highest BCUT2D eigenvalue weighted by Gasteiger charge is 2.12. The topological polar surface area (TPSA) is 51.7 Å². The number of hydrogen-bond donors (Lipinski definition) is 0. The first kappa shape index (κ1) is 13.4. The van der Waals surface area contributed by atoms with Gasteiger partial charge in [-0.25, -0.2) is 9.78 Å². The van der Waals surface area contributed by atoms with Crippen LogP contribution in [0.15, 0.2) is 18.3 Å². The summed E-state index contributed by atoms with van der Waals surface area (Å²) < 4.78 is 10.1. The average molecular weight is 238 g/mol. The second-order valence-corrected chi connectivity index (χ2v) is 3.97. The van der Waals surface area contributed by atoms with Crippen molar-refractivity contribution < 1.29 is 14.3 Å². The molecule has 5 heteroatoms. The Morgan fingerprint density at radius 2 is 2.24 bits per heavy atom. The van der Waals surface area contributed by atoms with Gasteiger partial charge < -0.3 is 14.4 Å². The Morgan fingerprint density at radius 3 is 2.82 bits per heavy atom. The molecule has 1 unspecified atom stereocenters. The Balaban J connectivity index is 2.72. The lowest BCUT2D eigenvalue weighted by Gasteiger charge is -2.14. The van der Waals surface area contributed by atoms with Crippen molar-refractivity contribution in [3.63, 3.8) is 0 Å². The van der Waals surface area contributed by atoms with Gasteiger partial charge in [-0.2, -0.15) is 0 Å². The second-order valence-electron chi connectivity index (χ2n) is 3.97. The molecule has 0 amide bonds. The third-order valence-corrected chi connectivity index (χ3v) is 2.15. The van der Waals surface area contributed by atoms with Crippen LogP contribution in [0.25, 0.3) is 0 Å². The fourth-order valence-corrected chi connectivity index (χ4v) is 1.31. The first-order valence-corrected chi connectivity index (χ1v) is 5.38. The van der Waals surface area contributed by atoms with Crippen molar-refractivity contribution in [2.24, 2.45) is 0 Å². The van der Waals surface area contributed by atoms with Gasteiger partial charge in [-0.15, -0.1) is 0 Å². The maximum absolute atomic E-state index is 11.8. The number of rotatable bonds is 5. The van der Waals surface area contributed by atoms with E-state index >= 15 is 0 Å². The molecule has 0 aliphatic heterocycles. The molecule has 0 spiro atoms. The number of hydrogen-bond acceptors (Lipinski definition) is 5. The van der Waals surface area contributed by atoms with Gasteiger partial charge in [0.05, 0.1) is 12.2 Å². The molecule has 1 atom stereocenters. The zero-order valence-electron chi connectivity index (χ0n) is 10.6. The van der Waals surface area contributed by atoms with Crippen LogP contribution in [0.2, 0.25) is 0 Å². The number of aromatic nitrogens is 1. The first-order chi connectivity index (χ1) is 8.04. The van der Waals surface area contributed by atoms with Gasteiger partial charge in [0.2, 0.25) is 0 Å².